The number of tetrazole rings is 1. The molecule has 1 N–H and O–H groups in total. The average Bonchev–Trinajstić information content (AvgIpc) is 3.54. The first kappa shape index (κ1) is 21.0. The van der Waals surface area contributed by atoms with E-state index < -0.39 is 0 Å². The van der Waals surface area contributed by atoms with Gasteiger partial charge in [-0.2, -0.15) is 0 Å². The summed E-state index contributed by atoms with van der Waals surface area (Å²) in [6.45, 7) is 5.28. The van der Waals surface area contributed by atoms with Crippen molar-refractivity contribution in [1.29, 1.82) is 0 Å². The van der Waals surface area contributed by atoms with Crippen LogP contribution in [0.4, 0.5) is 0 Å². The molecule has 1 aromatic carbocycles. The van der Waals surface area contributed by atoms with Crippen LogP contribution in [0.25, 0.3) is 10.9 Å². The third kappa shape index (κ3) is 4.79. The molecule has 4 aromatic rings. The summed E-state index contributed by atoms with van der Waals surface area (Å²) in [5.41, 5.74) is 2.70. The number of aryl methyl sites for hydroxylation is 1. The lowest BCUT2D eigenvalue weighted by Crippen LogP contribution is -2.28. The number of aromatic nitrogens is 5. The Morgan fingerprint density at radius 3 is 3.00 bits per heavy atom. The Kier molecular flexibility index (Phi) is 6.11. The van der Waals surface area contributed by atoms with E-state index in [1.807, 2.05) is 28.9 Å². The smallest absolute Gasteiger partial charge is 0.252 e. The van der Waals surface area contributed by atoms with Crippen molar-refractivity contribution in [1.82, 2.24) is 30.1 Å². The first-order valence-corrected chi connectivity index (χ1v) is 11.8. The second-order valence-electron chi connectivity index (χ2n) is 8.35. The monoisotopic (exact) mass is 450 g/mol. The standard InChI is InChI=1S/C23H26N6O2S/c1-16-6-7-21-17(10-16)11-18(23(30)24-21)12-28(14-20-5-3-9-32-20)15-22-25-26-27-29(22)13-19-4-2-8-31-19/h3,5-7,9-11,19H,2,4,8,12-15H2,1H3,(H,24,30)/t19-/m1/s1. The van der Waals surface area contributed by atoms with Crippen molar-refractivity contribution in [3.8, 4) is 0 Å². The van der Waals surface area contributed by atoms with Crippen LogP contribution in [0, 0.1) is 6.92 Å². The van der Waals surface area contributed by atoms with Gasteiger partial charge in [-0.05, 0) is 65.2 Å². The van der Waals surface area contributed by atoms with Crippen molar-refractivity contribution in [2.75, 3.05) is 6.61 Å². The molecular formula is C23H26N6O2S. The third-order valence-electron chi connectivity index (χ3n) is 5.80. The van der Waals surface area contributed by atoms with Gasteiger partial charge >= 0.3 is 0 Å². The fraction of sp³-hybridized carbons (Fsp3) is 0.391. The zero-order chi connectivity index (χ0) is 21.9. The number of fused-ring (bicyclic) bond motifs is 1. The minimum absolute atomic E-state index is 0.0588. The average molecular weight is 451 g/mol. The largest absolute Gasteiger partial charge is 0.376 e. The van der Waals surface area contributed by atoms with E-state index in [9.17, 15) is 4.79 Å². The fourth-order valence-corrected chi connectivity index (χ4v) is 4.93. The first-order chi connectivity index (χ1) is 15.6. The lowest BCUT2D eigenvalue weighted by Gasteiger charge is -2.21. The molecule has 0 unspecified atom stereocenters. The Balaban J connectivity index is 1.41. The van der Waals surface area contributed by atoms with E-state index in [0.29, 0.717) is 19.6 Å². The highest BCUT2D eigenvalue weighted by molar-refractivity contribution is 7.09. The predicted molar refractivity (Wildman–Crippen MR) is 123 cm³/mol. The van der Waals surface area contributed by atoms with Crippen LogP contribution in [-0.4, -0.2) is 42.8 Å². The zero-order valence-corrected chi connectivity index (χ0v) is 18.8. The fourth-order valence-electron chi connectivity index (χ4n) is 4.18. The first-order valence-electron chi connectivity index (χ1n) is 10.9. The topological polar surface area (TPSA) is 88.9 Å². The van der Waals surface area contributed by atoms with Gasteiger partial charge in [0.1, 0.15) is 0 Å². The molecule has 1 aliphatic rings. The van der Waals surface area contributed by atoms with Crippen molar-refractivity contribution in [2.24, 2.45) is 0 Å². The Morgan fingerprint density at radius 1 is 1.25 bits per heavy atom. The number of nitrogens with one attached hydrogen (secondary N) is 1. The SMILES string of the molecule is Cc1ccc2[nH]c(=O)c(CN(Cc3cccs3)Cc3nnnn3C[C@H]3CCCO3)cc2c1. The number of H-pyrrole nitrogens is 1. The van der Waals surface area contributed by atoms with Crippen LogP contribution in [0.15, 0.2) is 46.6 Å². The molecule has 8 nitrogen and oxygen atoms in total. The minimum atomic E-state index is -0.0588. The second-order valence-corrected chi connectivity index (χ2v) is 9.38. The minimum Gasteiger partial charge on any atom is -0.376 e. The number of hydrogen-bond acceptors (Lipinski definition) is 7. The van der Waals surface area contributed by atoms with Gasteiger partial charge in [0, 0.05) is 35.7 Å². The van der Waals surface area contributed by atoms with Crippen LogP contribution in [0.3, 0.4) is 0 Å². The number of pyridine rings is 1. The van der Waals surface area contributed by atoms with E-state index in [-0.39, 0.29) is 11.7 Å². The summed E-state index contributed by atoms with van der Waals surface area (Å²) in [6, 6.07) is 12.2. The highest BCUT2D eigenvalue weighted by atomic mass is 32.1. The molecule has 4 heterocycles. The number of hydrogen-bond donors (Lipinski definition) is 1. The van der Waals surface area contributed by atoms with Crippen LogP contribution in [0.2, 0.25) is 0 Å². The Labute approximate surface area is 189 Å². The van der Waals surface area contributed by atoms with E-state index in [1.165, 1.54) is 10.4 Å². The van der Waals surface area contributed by atoms with Gasteiger partial charge in [-0.15, -0.1) is 16.4 Å². The summed E-state index contributed by atoms with van der Waals surface area (Å²) >= 11 is 1.71. The molecule has 166 valence electrons. The molecule has 1 atom stereocenters. The summed E-state index contributed by atoms with van der Waals surface area (Å²) in [4.78, 5) is 19.3. The lowest BCUT2D eigenvalue weighted by molar-refractivity contribution is 0.0915. The zero-order valence-electron chi connectivity index (χ0n) is 18.0. The number of thiophene rings is 1. The van der Waals surface area contributed by atoms with Crippen molar-refractivity contribution in [3.05, 3.63) is 74.0 Å². The van der Waals surface area contributed by atoms with Crippen molar-refractivity contribution in [2.45, 2.75) is 52.0 Å². The molecule has 32 heavy (non-hydrogen) atoms. The van der Waals surface area contributed by atoms with Gasteiger partial charge in [0.25, 0.3) is 5.56 Å². The quantitative estimate of drug-likeness (QED) is 0.443. The summed E-state index contributed by atoms with van der Waals surface area (Å²) in [5.74, 6) is 0.783. The number of aromatic amines is 1. The third-order valence-corrected chi connectivity index (χ3v) is 6.66. The van der Waals surface area contributed by atoms with Gasteiger partial charge in [-0.1, -0.05) is 17.7 Å². The second kappa shape index (κ2) is 9.32. The highest BCUT2D eigenvalue weighted by Crippen LogP contribution is 2.19. The van der Waals surface area contributed by atoms with Crippen LogP contribution < -0.4 is 5.56 Å². The van der Waals surface area contributed by atoms with Gasteiger partial charge in [-0.3, -0.25) is 9.69 Å². The molecule has 1 fully saturated rings. The molecule has 9 heteroatoms. The van der Waals surface area contributed by atoms with Gasteiger partial charge in [-0.25, -0.2) is 4.68 Å². The molecule has 0 amide bonds. The Bertz CT molecular complexity index is 1240. The Morgan fingerprint density at radius 2 is 2.19 bits per heavy atom. The van der Waals surface area contributed by atoms with Crippen LogP contribution in [-0.2, 0) is 30.9 Å². The van der Waals surface area contributed by atoms with Gasteiger partial charge < -0.3 is 9.72 Å². The van der Waals surface area contributed by atoms with Crippen molar-refractivity contribution in [3.63, 3.8) is 0 Å². The number of rotatable bonds is 8. The van der Waals surface area contributed by atoms with E-state index in [1.54, 1.807) is 11.3 Å². The van der Waals surface area contributed by atoms with Crippen molar-refractivity contribution < 1.29 is 4.74 Å². The molecule has 1 saturated heterocycles. The van der Waals surface area contributed by atoms with Crippen LogP contribution >= 0.6 is 11.3 Å². The number of benzene rings is 1. The molecule has 0 saturated carbocycles. The molecule has 0 spiro atoms. The van der Waals surface area contributed by atoms with E-state index in [4.69, 9.17) is 4.74 Å². The maximum Gasteiger partial charge on any atom is 0.252 e. The Hall–Kier alpha value is -2.88. The molecule has 0 bridgehead atoms. The van der Waals surface area contributed by atoms with Gasteiger partial charge in [0.2, 0.25) is 0 Å². The summed E-state index contributed by atoms with van der Waals surface area (Å²) in [7, 11) is 0. The van der Waals surface area contributed by atoms with Crippen molar-refractivity contribution >= 4 is 22.2 Å². The normalized spacial score (nSPS) is 16.4. The maximum absolute atomic E-state index is 12.8. The van der Waals surface area contributed by atoms with Gasteiger partial charge in [0.05, 0.1) is 19.2 Å². The van der Waals surface area contributed by atoms with Gasteiger partial charge in [0.15, 0.2) is 5.82 Å². The number of nitrogens with zero attached hydrogens (tertiary/aromatic N) is 5. The molecule has 0 radical (unpaired) electrons. The molecule has 5 rings (SSSR count). The highest BCUT2D eigenvalue weighted by Gasteiger charge is 2.21. The molecule has 3 aromatic heterocycles. The lowest BCUT2D eigenvalue weighted by atomic mass is 10.1. The molecular weight excluding hydrogens is 424 g/mol. The van der Waals surface area contributed by atoms with Crippen LogP contribution in [0.1, 0.15) is 34.7 Å². The van der Waals surface area contributed by atoms with Crippen LogP contribution in [0.5, 0.6) is 0 Å². The van der Waals surface area contributed by atoms with E-state index in [2.05, 4.69) is 49.8 Å². The summed E-state index contributed by atoms with van der Waals surface area (Å²) < 4.78 is 7.60. The number of ether oxygens (including phenoxy) is 1. The molecule has 1 aliphatic heterocycles. The van der Waals surface area contributed by atoms with E-state index >= 15 is 0 Å². The summed E-state index contributed by atoms with van der Waals surface area (Å²) in [6.07, 6.45) is 2.27. The van der Waals surface area contributed by atoms with E-state index in [0.717, 1.165) is 48.3 Å². The molecule has 0 aliphatic carbocycles. The maximum atomic E-state index is 12.8. The predicted octanol–water partition coefficient (Wildman–Crippen LogP) is 3.27. The summed E-state index contributed by atoms with van der Waals surface area (Å²) in [5, 5.41) is 15.5.